The molecule has 7 aromatic heterocycles. The van der Waals surface area contributed by atoms with E-state index in [1.807, 2.05) is 0 Å². The minimum atomic E-state index is -4.51. The van der Waals surface area contributed by atoms with E-state index >= 15 is 0 Å². The quantitative estimate of drug-likeness (QED) is 0.0165. The summed E-state index contributed by atoms with van der Waals surface area (Å²) in [5.74, 6) is 0. The van der Waals surface area contributed by atoms with Crippen LogP contribution in [0.2, 0.25) is 0 Å². The van der Waals surface area contributed by atoms with Crippen molar-refractivity contribution in [3.05, 3.63) is 224 Å². The van der Waals surface area contributed by atoms with Crippen LogP contribution < -0.4 is 5.73 Å². The van der Waals surface area contributed by atoms with Crippen molar-refractivity contribution in [2.75, 3.05) is 26.4 Å². The van der Waals surface area contributed by atoms with Crippen LogP contribution in [0.1, 0.15) is 127 Å². The van der Waals surface area contributed by atoms with Gasteiger partial charge in [-0.25, -0.2) is 0 Å². The minimum Gasteiger partial charge on any atom is -0.396 e. The van der Waals surface area contributed by atoms with E-state index in [0.717, 1.165) is 97.8 Å². The molecule has 0 aromatic carbocycles. The molecule has 8 heterocycles. The number of aliphatic hydroxyl groups excluding tert-OH is 5. The Morgan fingerprint density at radius 1 is 0.495 bits per heavy atom. The Bertz CT molecular complexity index is 3210. The number of epoxide rings is 1. The van der Waals surface area contributed by atoms with Gasteiger partial charge >= 0.3 is 43.2 Å². The first-order valence-corrected chi connectivity index (χ1v) is 25.9. The first-order valence-electron chi connectivity index (χ1n) is 25.9. The number of hydrogen-bond donors (Lipinski definition) is 6. The summed E-state index contributed by atoms with van der Waals surface area (Å²) in [5.41, 5.74) is 9.41. The van der Waals surface area contributed by atoms with Gasteiger partial charge in [-0.3, -0.25) is 39.7 Å². The van der Waals surface area contributed by atoms with Crippen LogP contribution in [-0.2, 0) is 48.0 Å². The highest BCUT2D eigenvalue weighted by atomic mass is 19.4. The SMILES string of the molecule is C=Cc1ccc(C(F)(F)F)nc1.CC[C@H](O)c1ccc(C(F)(F)F)nc1.FC(F)(F)c1ccc([C@@H]2CO2)cn1.N[C@H](CO)c1ccc(C(F)(F)F)nc1.O=Cc1ccc(C(F)(F)F)nc1.OC[C@H](O)c1ccc(C(F)(F)F)nc1.[N-]=[N+]=N[C@H](CO)c1ccc(C(F)(F)F)nc1. The Balaban J connectivity index is 0.000000378. The highest BCUT2D eigenvalue weighted by molar-refractivity contribution is 5.73. The van der Waals surface area contributed by atoms with Crippen LogP contribution >= 0.6 is 0 Å². The molecule has 0 amide bonds. The Labute approximate surface area is 522 Å². The summed E-state index contributed by atoms with van der Waals surface area (Å²) in [5, 5.41) is 47.6. The monoisotopic (exact) mass is 1390 g/mol. The molecule has 1 aliphatic rings. The van der Waals surface area contributed by atoms with Crippen LogP contribution in [0.15, 0.2) is 140 Å². The predicted molar refractivity (Wildman–Crippen MR) is 289 cm³/mol. The normalized spacial score (nSPS) is 14.2. The molecule has 8 rings (SSSR count). The second-order valence-electron chi connectivity index (χ2n) is 18.3. The number of aldehydes is 1. The lowest BCUT2D eigenvalue weighted by molar-refractivity contribution is -0.142. The Hall–Kier alpha value is -8.98. The molecule has 5 atom stereocenters. The number of aromatic nitrogens is 7. The number of aliphatic hydroxyl groups is 5. The molecule has 518 valence electrons. The molecular weight excluding hydrogens is 1340 g/mol. The summed E-state index contributed by atoms with van der Waals surface area (Å²) < 4.78 is 257. The molecule has 0 unspecified atom stereocenters. The lowest BCUT2D eigenvalue weighted by atomic mass is 10.1. The van der Waals surface area contributed by atoms with Crippen molar-refractivity contribution < 1.29 is 127 Å². The Morgan fingerprint density at radius 3 is 1.05 bits per heavy atom. The van der Waals surface area contributed by atoms with Crippen LogP contribution in [-0.4, -0.2) is 93.1 Å². The van der Waals surface area contributed by atoms with E-state index in [2.05, 4.69) is 51.5 Å². The number of nitrogens with two attached hydrogens (primary N) is 1. The molecular formula is C56H50F21N11O7. The van der Waals surface area contributed by atoms with Crippen LogP contribution in [0.5, 0.6) is 0 Å². The molecule has 95 heavy (non-hydrogen) atoms. The fraction of sp³-hybridized carbons (Fsp3) is 0.321. The van der Waals surface area contributed by atoms with Crippen LogP contribution in [0.25, 0.3) is 16.5 Å². The lowest BCUT2D eigenvalue weighted by Crippen LogP contribution is -2.16. The first-order chi connectivity index (χ1) is 44.0. The number of ether oxygens (including phenoxy) is 1. The number of rotatable bonds is 12. The van der Waals surface area contributed by atoms with Gasteiger partial charge in [-0.2, -0.15) is 92.2 Å². The second-order valence-corrected chi connectivity index (χ2v) is 18.3. The zero-order valence-electron chi connectivity index (χ0n) is 47.9. The second kappa shape index (κ2) is 36.6. The molecule has 39 heteroatoms. The molecule has 0 radical (unpaired) electrons. The highest BCUT2D eigenvalue weighted by Crippen LogP contribution is 2.35. The molecule has 7 aromatic rings. The largest absolute Gasteiger partial charge is 0.433 e. The van der Waals surface area contributed by atoms with Gasteiger partial charge in [-0.05, 0) is 82.7 Å². The van der Waals surface area contributed by atoms with E-state index in [4.69, 9.17) is 36.4 Å². The molecule has 7 N–H and O–H groups in total. The van der Waals surface area contributed by atoms with Crippen molar-refractivity contribution >= 4 is 12.4 Å². The fourth-order valence-corrected chi connectivity index (χ4v) is 6.16. The number of pyridine rings is 7. The third kappa shape index (κ3) is 29.5. The van der Waals surface area contributed by atoms with Crippen molar-refractivity contribution in [3.8, 4) is 0 Å². The summed E-state index contributed by atoms with van der Waals surface area (Å²) in [7, 11) is 0. The maximum Gasteiger partial charge on any atom is 0.433 e. The summed E-state index contributed by atoms with van der Waals surface area (Å²) in [4.78, 5) is 34.9. The van der Waals surface area contributed by atoms with Gasteiger partial charge in [0, 0.05) is 65.0 Å². The molecule has 1 fully saturated rings. The molecule has 1 aliphatic heterocycles. The van der Waals surface area contributed by atoms with E-state index in [0.29, 0.717) is 41.6 Å². The Morgan fingerprint density at radius 2 is 0.811 bits per heavy atom. The Kier molecular flexibility index (Phi) is 31.7. The third-order valence-electron chi connectivity index (χ3n) is 11.3. The molecule has 0 bridgehead atoms. The van der Waals surface area contributed by atoms with Gasteiger partial charge in [0.25, 0.3) is 0 Å². The van der Waals surface area contributed by atoms with E-state index in [-0.39, 0.29) is 29.4 Å². The minimum absolute atomic E-state index is 0.0465. The topological polar surface area (TPSA) is 296 Å². The number of carbonyl (C=O) groups is 1. The van der Waals surface area contributed by atoms with Gasteiger partial charge in [-0.1, -0.05) is 61.1 Å². The average Bonchev–Trinajstić information content (AvgIpc) is 1.85. The standard InChI is InChI=1S/C9H10F3NO.C8H7F3N4O.C8H9F3N2O.C8H8F3NO2.C8H6F3NO.C8H6F3N.C7H4F3NO/c1-2-7(14)6-3-4-8(13-5-6)9(10,11)12;9-8(10,11)7-2-1-5(3-13-7)6(4-16)14-15-12;9-8(10,11)7-2-1-5(3-13-7)6(12)4-14;9-8(10,11)7-2-1-5(3-12-7)6(14)4-13;9-8(10,11)7-2-1-5(3-12-7)6-4-13-6;1-2-6-3-4-7(12-5-6)8(9,10)11;8-7(9,10)6-2-1-5(4-12)3-11-6/h3-5,7,14H,2H2,1H3;1-3,6,16H,4H2;1-3,6,14H,4,12H2;1-3,6,13-14H,4H2;1-3,6H,4H2;2-5H,1H2;1-4H/t7-;4*6-;;/m01100../s1. The number of hydrogen-bond acceptors (Lipinski definition) is 16. The molecule has 0 aliphatic carbocycles. The van der Waals surface area contributed by atoms with Crippen molar-refractivity contribution in [1.82, 2.24) is 34.9 Å². The molecule has 18 nitrogen and oxygen atoms in total. The zero-order chi connectivity index (χ0) is 72.3. The van der Waals surface area contributed by atoms with Gasteiger partial charge in [0.2, 0.25) is 0 Å². The smallest absolute Gasteiger partial charge is 0.396 e. The molecule has 0 saturated carbocycles. The van der Waals surface area contributed by atoms with Crippen molar-refractivity contribution in [1.29, 1.82) is 0 Å². The maximum atomic E-state index is 12.2. The number of alkyl halides is 21. The van der Waals surface area contributed by atoms with Crippen molar-refractivity contribution in [3.63, 3.8) is 0 Å². The van der Waals surface area contributed by atoms with Gasteiger partial charge in [0.15, 0.2) is 6.29 Å². The highest BCUT2D eigenvalue weighted by Gasteiger charge is 2.37. The van der Waals surface area contributed by atoms with E-state index in [1.165, 1.54) is 36.5 Å². The number of azide groups is 1. The predicted octanol–water partition coefficient (Wildman–Crippen LogP) is 14.0. The lowest BCUT2D eigenvalue weighted by Gasteiger charge is -2.09. The van der Waals surface area contributed by atoms with Crippen LogP contribution in [0.4, 0.5) is 92.2 Å². The molecule has 0 spiro atoms. The van der Waals surface area contributed by atoms with E-state index < -0.39 is 121 Å². The summed E-state index contributed by atoms with van der Waals surface area (Å²) >= 11 is 0. The molecule has 1 saturated heterocycles. The summed E-state index contributed by atoms with van der Waals surface area (Å²) in [6, 6.07) is 12.7. The number of halogens is 21. The average molecular weight is 1390 g/mol. The van der Waals surface area contributed by atoms with Crippen LogP contribution in [0, 0.1) is 0 Å². The van der Waals surface area contributed by atoms with Gasteiger partial charge in [0.1, 0.15) is 52.1 Å². The van der Waals surface area contributed by atoms with Crippen LogP contribution in [0.3, 0.4) is 0 Å². The fourth-order valence-electron chi connectivity index (χ4n) is 6.16. The van der Waals surface area contributed by atoms with E-state index in [9.17, 15) is 102 Å². The van der Waals surface area contributed by atoms with Crippen molar-refractivity contribution in [2.45, 2.75) is 87.0 Å². The van der Waals surface area contributed by atoms with Crippen molar-refractivity contribution in [2.24, 2.45) is 10.8 Å². The summed E-state index contributed by atoms with van der Waals surface area (Å²) in [6.45, 7) is 4.35. The summed E-state index contributed by atoms with van der Waals surface area (Å²) in [6.07, 6.45) is -23.6. The maximum absolute atomic E-state index is 12.2. The number of nitrogens with zero attached hydrogens (tertiary/aromatic N) is 10. The zero-order valence-corrected chi connectivity index (χ0v) is 47.9. The first kappa shape index (κ1) is 82.1. The van der Waals surface area contributed by atoms with E-state index in [1.54, 1.807) is 6.92 Å². The van der Waals surface area contributed by atoms with Gasteiger partial charge in [-0.15, -0.1) is 0 Å². The number of carbonyl (C=O) groups excluding carboxylic acids is 1. The third-order valence-corrected chi connectivity index (χ3v) is 11.3. The van der Waals surface area contributed by atoms with Gasteiger partial charge in [0.05, 0.1) is 44.6 Å². The van der Waals surface area contributed by atoms with Gasteiger partial charge < -0.3 is 36.0 Å².